The molecule has 0 amide bonds. The molecule has 1 aromatic carbocycles. The first-order valence-corrected chi connectivity index (χ1v) is 5.87. The number of benzene rings is 1. The number of carbonyl (C=O) groups excluding carboxylic acids is 1. The summed E-state index contributed by atoms with van der Waals surface area (Å²) in [4.78, 5) is 8.93. The molecule has 5 nitrogen and oxygen atoms in total. The van der Waals surface area contributed by atoms with Gasteiger partial charge in [-0.05, 0) is 18.2 Å². The molecule has 0 unspecified atom stereocenters. The second kappa shape index (κ2) is 4.97. The molecule has 0 radical (unpaired) electrons. The van der Waals surface area contributed by atoms with Gasteiger partial charge in [0.1, 0.15) is 10.6 Å². The molecule has 0 N–H and O–H groups in total. The molecule has 0 saturated carbocycles. The van der Waals surface area contributed by atoms with Crippen LogP contribution in [-0.2, 0) is 14.8 Å². The van der Waals surface area contributed by atoms with Gasteiger partial charge in [-0.3, -0.25) is 0 Å². The van der Waals surface area contributed by atoms with E-state index in [0.29, 0.717) is 12.1 Å². The number of hydrogen-bond donors (Lipinski definition) is 0. The fourth-order valence-corrected chi connectivity index (χ4v) is 2.06. The highest BCUT2D eigenvalue weighted by Gasteiger charge is 2.34. The molecule has 0 heterocycles. The van der Waals surface area contributed by atoms with Crippen LogP contribution >= 0.6 is 11.6 Å². The van der Waals surface area contributed by atoms with Gasteiger partial charge in [0.15, 0.2) is 0 Å². The molecule has 0 fully saturated rings. The molecule has 10 heteroatoms. The highest BCUT2D eigenvalue weighted by molar-refractivity contribution is 7.90. The molecule has 18 heavy (non-hydrogen) atoms. The van der Waals surface area contributed by atoms with Crippen LogP contribution in [0.15, 0.2) is 27.5 Å². The van der Waals surface area contributed by atoms with Crippen molar-refractivity contribution < 1.29 is 31.1 Å². The number of rotatable bonds is 3. The molecular weight excluding hydrogens is 299 g/mol. The predicted molar refractivity (Wildman–Crippen MR) is 53.4 cm³/mol. The largest absolute Gasteiger partial charge is 0.573 e. The Kier molecular flexibility index (Phi) is 4.00. The summed E-state index contributed by atoms with van der Waals surface area (Å²) in [6, 6.07) is 2.37. The van der Waals surface area contributed by atoms with Gasteiger partial charge >= 0.3 is 6.36 Å². The number of sulfonamides is 1. The lowest BCUT2D eigenvalue weighted by atomic mass is 10.3. The Hall–Kier alpha value is -1.57. The van der Waals surface area contributed by atoms with E-state index in [0.717, 1.165) is 12.1 Å². The van der Waals surface area contributed by atoms with Crippen LogP contribution in [0.1, 0.15) is 0 Å². The topological polar surface area (TPSA) is 72.8 Å². The summed E-state index contributed by atoms with van der Waals surface area (Å²) in [5.41, 5.74) is 0. The molecular formula is C8H3ClF3NO4S. The lowest BCUT2D eigenvalue weighted by molar-refractivity contribution is -0.275. The molecule has 98 valence electrons. The third-order valence-electron chi connectivity index (χ3n) is 1.57. The van der Waals surface area contributed by atoms with Crippen molar-refractivity contribution in [3.05, 3.63) is 23.2 Å². The molecule has 0 aliphatic carbocycles. The standard InChI is InChI=1S/C8H3ClF3NO4S/c9-5-1-2-6(17-8(10,11)12)7(3-5)18(15,16)13-4-14/h1-3H. The van der Waals surface area contributed by atoms with Gasteiger partial charge in [0, 0.05) is 5.02 Å². The highest BCUT2D eigenvalue weighted by atomic mass is 35.5. The minimum atomic E-state index is -5.09. The molecule has 0 saturated heterocycles. The Labute approximate surface area is 104 Å². The quantitative estimate of drug-likeness (QED) is 0.634. The number of nitrogens with zero attached hydrogens (tertiary/aromatic N) is 1. The fraction of sp³-hybridized carbons (Fsp3) is 0.125. The number of ether oxygens (including phenoxy) is 1. The van der Waals surface area contributed by atoms with Gasteiger partial charge in [-0.25, -0.2) is 4.79 Å². The van der Waals surface area contributed by atoms with Crippen molar-refractivity contribution in [2.75, 3.05) is 0 Å². The van der Waals surface area contributed by atoms with E-state index in [9.17, 15) is 26.4 Å². The summed E-state index contributed by atoms with van der Waals surface area (Å²) in [5, 5.41) is -0.163. The number of alkyl halides is 3. The maximum atomic E-state index is 12.0. The third-order valence-corrected chi connectivity index (χ3v) is 2.99. The zero-order valence-electron chi connectivity index (χ0n) is 8.23. The van der Waals surface area contributed by atoms with Gasteiger partial charge in [-0.1, -0.05) is 16.0 Å². The Morgan fingerprint density at radius 2 is 1.94 bits per heavy atom. The van der Waals surface area contributed by atoms with Gasteiger partial charge in [0.05, 0.1) is 0 Å². The second-order valence-corrected chi connectivity index (χ2v) is 4.81. The van der Waals surface area contributed by atoms with Crippen molar-refractivity contribution in [1.29, 1.82) is 0 Å². The minimum absolute atomic E-state index is 0.163. The molecule has 0 spiro atoms. The maximum absolute atomic E-state index is 12.0. The normalized spacial score (nSPS) is 11.8. The van der Waals surface area contributed by atoms with E-state index < -0.39 is 27.0 Å². The molecule has 0 aliphatic heterocycles. The SMILES string of the molecule is O=C=NS(=O)(=O)c1cc(Cl)ccc1OC(F)(F)F. The van der Waals surface area contributed by atoms with Crippen LogP contribution in [0.25, 0.3) is 0 Å². The smallest absolute Gasteiger partial charge is 0.404 e. The first-order chi connectivity index (χ1) is 8.15. The van der Waals surface area contributed by atoms with Crippen LogP contribution in [0.4, 0.5) is 13.2 Å². The van der Waals surface area contributed by atoms with E-state index in [1.807, 2.05) is 0 Å². The minimum Gasteiger partial charge on any atom is -0.404 e. The Bertz CT molecular complexity index is 607. The van der Waals surface area contributed by atoms with Crippen LogP contribution in [-0.4, -0.2) is 20.9 Å². The van der Waals surface area contributed by atoms with Crippen molar-refractivity contribution in [2.24, 2.45) is 4.40 Å². The number of isocyanates is 1. The summed E-state index contributed by atoms with van der Waals surface area (Å²) in [7, 11) is -4.64. The van der Waals surface area contributed by atoms with Crippen LogP contribution in [0.3, 0.4) is 0 Å². The van der Waals surface area contributed by atoms with Crippen molar-refractivity contribution in [3.8, 4) is 5.75 Å². The van der Waals surface area contributed by atoms with E-state index in [4.69, 9.17) is 11.6 Å². The molecule has 0 atom stereocenters. The maximum Gasteiger partial charge on any atom is 0.573 e. The van der Waals surface area contributed by atoms with Crippen LogP contribution in [0.5, 0.6) is 5.75 Å². The first kappa shape index (κ1) is 14.5. The summed E-state index contributed by atoms with van der Waals surface area (Å²) < 4.78 is 64.7. The Balaban J connectivity index is 3.42. The summed E-state index contributed by atoms with van der Waals surface area (Å²) in [5.74, 6) is -1.04. The van der Waals surface area contributed by atoms with Crippen LogP contribution < -0.4 is 4.74 Å². The van der Waals surface area contributed by atoms with E-state index >= 15 is 0 Å². The lowest BCUT2D eigenvalue weighted by Crippen LogP contribution is -2.18. The van der Waals surface area contributed by atoms with Gasteiger partial charge < -0.3 is 4.74 Å². The summed E-state index contributed by atoms with van der Waals surface area (Å²) in [6.07, 6.45) is -4.37. The Morgan fingerprint density at radius 3 is 2.44 bits per heavy atom. The third kappa shape index (κ3) is 3.73. The number of hydrogen-bond acceptors (Lipinski definition) is 4. The molecule has 1 rings (SSSR count). The molecule has 0 aliphatic rings. The van der Waals surface area contributed by atoms with Gasteiger partial charge in [-0.15, -0.1) is 13.2 Å². The van der Waals surface area contributed by atoms with Crippen LogP contribution in [0.2, 0.25) is 5.02 Å². The second-order valence-electron chi connectivity index (χ2n) is 2.80. The van der Waals surface area contributed by atoms with Crippen LogP contribution in [0, 0.1) is 0 Å². The van der Waals surface area contributed by atoms with Gasteiger partial charge in [0.25, 0.3) is 16.1 Å². The average Bonchev–Trinajstić information content (AvgIpc) is 2.18. The van der Waals surface area contributed by atoms with Crippen molar-refractivity contribution in [2.45, 2.75) is 11.3 Å². The highest BCUT2D eigenvalue weighted by Crippen LogP contribution is 2.32. The summed E-state index contributed by atoms with van der Waals surface area (Å²) >= 11 is 5.45. The lowest BCUT2D eigenvalue weighted by Gasteiger charge is -2.11. The van der Waals surface area contributed by atoms with Crippen molar-refractivity contribution in [1.82, 2.24) is 0 Å². The van der Waals surface area contributed by atoms with E-state index in [1.165, 1.54) is 0 Å². The average molecular weight is 302 g/mol. The van der Waals surface area contributed by atoms with Crippen molar-refractivity contribution in [3.63, 3.8) is 0 Å². The Morgan fingerprint density at radius 1 is 1.33 bits per heavy atom. The van der Waals surface area contributed by atoms with E-state index in [-0.39, 0.29) is 5.02 Å². The molecule has 1 aromatic rings. The van der Waals surface area contributed by atoms with E-state index in [2.05, 4.69) is 9.13 Å². The monoisotopic (exact) mass is 301 g/mol. The zero-order valence-corrected chi connectivity index (χ0v) is 9.80. The van der Waals surface area contributed by atoms with Crippen molar-refractivity contribution >= 4 is 27.7 Å². The fourth-order valence-electron chi connectivity index (χ4n) is 0.991. The van der Waals surface area contributed by atoms with Gasteiger partial charge in [0.2, 0.25) is 0 Å². The summed E-state index contributed by atoms with van der Waals surface area (Å²) in [6.45, 7) is 0. The zero-order chi connectivity index (χ0) is 14.0. The van der Waals surface area contributed by atoms with E-state index in [1.54, 1.807) is 0 Å². The first-order valence-electron chi connectivity index (χ1n) is 4.05. The molecule has 0 aromatic heterocycles. The predicted octanol–water partition coefficient (Wildman–Crippen LogP) is 2.26. The van der Waals surface area contributed by atoms with Gasteiger partial charge in [-0.2, -0.15) is 8.42 Å². The number of halogens is 4. The molecule has 0 bridgehead atoms.